The van der Waals surface area contributed by atoms with Crippen molar-refractivity contribution in [3.8, 4) is 0 Å². The molecule has 0 aliphatic heterocycles. The summed E-state index contributed by atoms with van der Waals surface area (Å²) in [6.07, 6.45) is 0.371. The van der Waals surface area contributed by atoms with Gasteiger partial charge in [0.1, 0.15) is 0 Å². The summed E-state index contributed by atoms with van der Waals surface area (Å²) in [5.74, 6) is -0.267. The predicted molar refractivity (Wildman–Crippen MR) is 66.0 cm³/mol. The molecule has 0 bridgehead atoms. The lowest BCUT2D eigenvalue weighted by Crippen LogP contribution is -2.32. The lowest BCUT2D eigenvalue weighted by atomic mass is 10.0. The van der Waals surface area contributed by atoms with E-state index in [9.17, 15) is 4.79 Å². The molecule has 1 amide bonds. The molecule has 16 heavy (non-hydrogen) atoms. The molecule has 3 heteroatoms. The monoisotopic (exact) mass is 220 g/mol. The molecule has 1 aromatic carbocycles. The van der Waals surface area contributed by atoms with E-state index >= 15 is 0 Å². The van der Waals surface area contributed by atoms with Crippen LogP contribution in [0, 0.1) is 6.92 Å². The minimum absolute atomic E-state index is 0.105. The number of benzene rings is 1. The van der Waals surface area contributed by atoms with Gasteiger partial charge in [-0.3, -0.25) is 4.79 Å². The quantitative estimate of drug-likeness (QED) is 0.796. The molecule has 1 aromatic rings. The normalized spacial score (nSPS) is 14.4. The molecular weight excluding hydrogens is 200 g/mol. The van der Waals surface area contributed by atoms with Crippen LogP contribution in [0.1, 0.15) is 37.4 Å². The van der Waals surface area contributed by atoms with Crippen molar-refractivity contribution in [1.29, 1.82) is 0 Å². The predicted octanol–water partition coefficient (Wildman–Crippen LogP) is 1.91. The van der Waals surface area contributed by atoms with Crippen molar-refractivity contribution < 1.29 is 4.79 Å². The first-order valence-electron chi connectivity index (χ1n) is 5.60. The van der Waals surface area contributed by atoms with E-state index in [4.69, 9.17) is 5.73 Å². The van der Waals surface area contributed by atoms with Crippen LogP contribution in [0.15, 0.2) is 24.3 Å². The summed E-state index contributed by atoms with van der Waals surface area (Å²) in [5, 5.41) is 3.35. The number of primary amides is 1. The molecule has 0 radical (unpaired) electrons. The SMILES string of the molecule is Cc1cccc(C(C)NC(C)CC(N)=O)c1. The smallest absolute Gasteiger partial charge is 0.218 e. The maximum absolute atomic E-state index is 10.8. The van der Waals surface area contributed by atoms with Gasteiger partial charge in [0.25, 0.3) is 0 Å². The highest BCUT2D eigenvalue weighted by Gasteiger charge is 2.11. The largest absolute Gasteiger partial charge is 0.370 e. The Morgan fingerprint density at radius 1 is 1.44 bits per heavy atom. The van der Waals surface area contributed by atoms with Crippen molar-refractivity contribution in [1.82, 2.24) is 5.32 Å². The van der Waals surface area contributed by atoms with E-state index in [-0.39, 0.29) is 18.0 Å². The maximum Gasteiger partial charge on any atom is 0.218 e. The average molecular weight is 220 g/mol. The topological polar surface area (TPSA) is 55.1 Å². The van der Waals surface area contributed by atoms with E-state index in [1.807, 2.05) is 13.0 Å². The fourth-order valence-electron chi connectivity index (χ4n) is 1.82. The minimum Gasteiger partial charge on any atom is -0.370 e. The Labute approximate surface area is 97.0 Å². The number of hydrogen-bond acceptors (Lipinski definition) is 2. The van der Waals surface area contributed by atoms with Crippen LogP contribution >= 0.6 is 0 Å². The number of nitrogens with two attached hydrogens (primary N) is 1. The summed E-state index contributed by atoms with van der Waals surface area (Å²) in [6.45, 7) is 6.13. The third kappa shape index (κ3) is 4.03. The number of rotatable bonds is 5. The Morgan fingerprint density at radius 3 is 2.69 bits per heavy atom. The van der Waals surface area contributed by atoms with Gasteiger partial charge < -0.3 is 11.1 Å². The summed E-state index contributed by atoms with van der Waals surface area (Å²) in [5.41, 5.74) is 7.63. The molecule has 0 spiro atoms. The van der Waals surface area contributed by atoms with Crippen LogP contribution < -0.4 is 11.1 Å². The zero-order valence-corrected chi connectivity index (χ0v) is 10.2. The molecule has 0 aromatic heterocycles. The zero-order chi connectivity index (χ0) is 12.1. The first-order chi connectivity index (χ1) is 7.49. The number of amides is 1. The van der Waals surface area contributed by atoms with E-state index < -0.39 is 0 Å². The fraction of sp³-hybridized carbons (Fsp3) is 0.462. The Balaban J connectivity index is 2.58. The van der Waals surface area contributed by atoms with Gasteiger partial charge in [-0.1, -0.05) is 29.8 Å². The molecule has 0 heterocycles. The third-order valence-corrected chi connectivity index (χ3v) is 2.58. The van der Waals surface area contributed by atoms with E-state index in [1.165, 1.54) is 11.1 Å². The number of hydrogen-bond donors (Lipinski definition) is 2. The first-order valence-corrected chi connectivity index (χ1v) is 5.60. The van der Waals surface area contributed by atoms with Crippen molar-refractivity contribution in [3.63, 3.8) is 0 Å². The van der Waals surface area contributed by atoms with Crippen molar-refractivity contribution in [3.05, 3.63) is 35.4 Å². The third-order valence-electron chi connectivity index (χ3n) is 2.58. The standard InChI is InChI=1S/C13H20N2O/c1-9-5-4-6-12(7-9)11(3)15-10(2)8-13(14)16/h4-7,10-11,15H,8H2,1-3H3,(H2,14,16). The summed E-state index contributed by atoms with van der Waals surface area (Å²) in [4.78, 5) is 10.8. The molecule has 88 valence electrons. The van der Waals surface area contributed by atoms with Crippen LogP contribution in [0.5, 0.6) is 0 Å². The second kappa shape index (κ2) is 5.66. The number of aryl methyl sites for hydroxylation is 1. The average Bonchev–Trinajstić information content (AvgIpc) is 2.16. The van der Waals surface area contributed by atoms with Crippen LogP contribution in [0.3, 0.4) is 0 Å². The Morgan fingerprint density at radius 2 is 2.12 bits per heavy atom. The van der Waals surface area contributed by atoms with Gasteiger partial charge in [0.15, 0.2) is 0 Å². The van der Waals surface area contributed by atoms with Crippen molar-refractivity contribution in [2.24, 2.45) is 5.73 Å². The fourth-order valence-corrected chi connectivity index (χ4v) is 1.82. The van der Waals surface area contributed by atoms with E-state index in [2.05, 4.69) is 37.4 Å². The molecule has 3 nitrogen and oxygen atoms in total. The summed E-state index contributed by atoms with van der Waals surface area (Å²) in [7, 11) is 0. The van der Waals surface area contributed by atoms with Gasteiger partial charge in [-0.05, 0) is 26.3 Å². The van der Waals surface area contributed by atoms with Gasteiger partial charge in [0.2, 0.25) is 5.91 Å². The first kappa shape index (κ1) is 12.7. The van der Waals surface area contributed by atoms with Crippen molar-refractivity contribution >= 4 is 5.91 Å². The van der Waals surface area contributed by atoms with Crippen LogP contribution in [0.2, 0.25) is 0 Å². The molecule has 2 unspecified atom stereocenters. The molecule has 1 rings (SSSR count). The van der Waals surface area contributed by atoms with Crippen LogP contribution in [0.4, 0.5) is 0 Å². The second-order valence-corrected chi connectivity index (χ2v) is 4.37. The summed E-state index contributed by atoms with van der Waals surface area (Å²) < 4.78 is 0. The van der Waals surface area contributed by atoms with Gasteiger partial charge in [-0.2, -0.15) is 0 Å². The number of carbonyl (C=O) groups is 1. The van der Waals surface area contributed by atoms with E-state index in [0.717, 1.165) is 0 Å². The summed E-state index contributed by atoms with van der Waals surface area (Å²) >= 11 is 0. The highest BCUT2D eigenvalue weighted by molar-refractivity contribution is 5.74. The lowest BCUT2D eigenvalue weighted by Gasteiger charge is -2.19. The van der Waals surface area contributed by atoms with E-state index in [0.29, 0.717) is 6.42 Å². The van der Waals surface area contributed by atoms with Gasteiger partial charge in [-0.15, -0.1) is 0 Å². The molecule has 0 aliphatic carbocycles. The lowest BCUT2D eigenvalue weighted by molar-refractivity contribution is -0.118. The molecule has 0 saturated heterocycles. The van der Waals surface area contributed by atoms with Crippen LogP contribution in [-0.4, -0.2) is 11.9 Å². The van der Waals surface area contributed by atoms with Gasteiger partial charge in [0, 0.05) is 18.5 Å². The van der Waals surface area contributed by atoms with Crippen molar-refractivity contribution in [2.45, 2.75) is 39.3 Å². The Kier molecular flexibility index (Phi) is 4.50. The van der Waals surface area contributed by atoms with Crippen LogP contribution in [-0.2, 0) is 4.79 Å². The molecule has 3 N–H and O–H groups in total. The molecule has 0 fully saturated rings. The highest BCUT2D eigenvalue weighted by atomic mass is 16.1. The molecule has 2 atom stereocenters. The second-order valence-electron chi connectivity index (χ2n) is 4.37. The Bertz CT molecular complexity index is 363. The van der Waals surface area contributed by atoms with E-state index in [1.54, 1.807) is 0 Å². The van der Waals surface area contributed by atoms with Crippen molar-refractivity contribution in [2.75, 3.05) is 0 Å². The maximum atomic E-state index is 10.8. The molecule has 0 saturated carbocycles. The van der Waals surface area contributed by atoms with Crippen LogP contribution in [0.25, 0.3) is 0 Å². The molecule has 0 aliphatic rings. The minimum atomic E-state index is -0.267. The van der Waals surface area contributed by atoms with Gasteiger partial charge in [0.05, 0.1) is 0 Å². The molecular formula is C13H20N2O. The van der Waals surface area contributed by atoms with Gasteiger partial charge in [-0.25, -0.2) is 0 Å². The summed E-state index contributed by atoms with van der Waals surface area (Å²) in [6, 6.07) is 8.68. The number of carbonyl (C=O) groups excluding carboxylic acids is 1. The zero-order valence-electron chi connectivity index (χ0n) is 10.2. The van der Waals surface area contributed by atoms with Gasteiger partial charge >= 0.3 is 0 Å². The highest BCUT2D eigenvalue weighted by Crippen LogP contribution is 2.14. The number of nitrogens with one attached hydrogen (secondary N) is 1. The Hall–Kier alpha value is -1.35.